The molecule has 0 radical (unpaired) electrons. The van der Waals surface area contributed by atoms with Crippen molar-refractivity contribution in [2.75, 3.05) is 31.4 Å². The molecule has 3 heteroatoms. The highest BCUT2D eigenvalue weighted by atomic mass is 32.1. The van der Waals surface area contributed by atoms with E-state index in [-0.39, 0.29) is 7.92 Å². The van der Waals surface area contributed by atoms with E-state index in [0.717, 1.165) is 12.0 Å². The van der Waals surface area contributed by atoms with Crippen molar-refractivity contribution < 1.29 is 0 Å². The molecule has 0 rings (SSSR count). The maximum atomic E-state index is 4.31. The fourth-order valence-electron chi connectivity index (χ4n) is 0.808. The second-order valence-electron chi connectivity index (χ2n) is 2.31. The first-order valence-electron chi connectivity index (χ1n) is 3.83. The predicted octanol–water partition coefficient (Wildman–Crippen LogP) is 1.98. The van der Waals surface area contributed by atoms with E-state index in [9.17, 15) is 0 Å². The molecule has 10 heavy (non-hydrogen) atoms. The largest absolute Gasteiger partial charge is 0.320 e. The van der Waals surface area contributed by atoms with Crippen molar-refractivity contribution in [3.05, 3.63) is 0 Å². The van der Waals surface area contributed by atoms with Gasteiger partial charge in [-0.15, -0.1) is 0 Å². The van der Waals surface area contributed by atoms with Crippen molar-refractivity contribution in [1.82, 2.24) is 5.32 Å². The molecule has 0 aromatic rings. The lowest BCUT2D eigenvalue weighted by Gasteiger charge is -2.11. The third-order valence-electron chi connectivity index (χ3n) is 1.55. The Balaban J connectivity index is 3.09. The molecule has 0 spiro atoms. The molecule has 1 atom stereocenters. The first-order chi connectivity index (χ1) is 4.85. The summed E-state index contributed by atoms with van der Waals surface area (Å²) in [4.78, 5) is 0. The van der Waals surface area contributed by atoms with Crippen LogP contribution in [0.5, 0.6) is 0 Å². The molecule has 0 aliphatic rings. The van der Waals surface area contributed by atoms with Crippen LogP contribution in [-0.2, 0) is 0 Å². The molecular weight excluding hydrogens is 161 g/mol. The summed E-state index contributed by atoms with van der Waals surface area (Å²) in [5.41, 5.74) is 1.11. The van der Waals surface area contributed by atoms with Gasteiger partial charge in [-0.05, 0) is 32.3 Å². The fourth-order valence-corrected chi connectivity index (χ4v) is 3.10. The maximum absolute atomic E-state index is 4.31. The lowest BCUT2D eigenvalue weighted by atomic mass is 10.5. The second-order valence-corrected chi connectivity index (χ2v) is 5.86. The Bertz CT molecular complexity index is 66.6. The van der Waals surface area contributed by atoms with Gasteiger partial charge in [-0.1, -0.05) is 14.8 Å². The summed E-state index contributed by atoms with van der Waals surface area (Å²) in [6.07, 6.45) is 4.04. The Morgan fingerprint density at radius 2 is 2.20 bits per heavy atom. The van der Waals surface area contributed by atoms with E-state index < -0.39 is 0 Å². The summed E-state index contributed by atoms with van der Waals surface area (Å²) in [6.45, 7) is 3.42. The lowest BCUT2D eigenvalue weighted by Crippen LogP contribution is -2.08. The van der Waals surface area contributed by atoms with Crippen LogP contribution < -0.4 is 5.32 Å². The third-order valence-corrected chi connectivity index (χ3v) is 4.99. The summed E-state index contributed by atoms with van der Waals surface area (Å²) in [5.74, 6) is 0. The van der Waals surface area contributed by atoms with Crippen LogP contribution in [0.25, 0.3) is 0 Å². The average molecular weight is 179 g/mol. The van der Waals surface area contributed by atoms with Crippen molar-refractivity contribution >= 4 is 20.6 Å². The van der Waals surface area contributed by atoms with E-state index in [0.29, 0.717) is 0 Å². The summed E-state index contributed by atoms with van der Waals surface area (Å²) in [6, 6.07) is 0. The van der Waals surface area contributed by atoms with Crippen LogP contribution >= 0.6 is 20.6 Å². The summed E-state index contributed by atoms with van der Waals surface area (Å²) in [5, 5.41) is 3.16. The van der Waals surface area contributed by atoms with E-state index in [1.807, 2.05) is 7.05 Å². The van der Waals surface area contributed by atoms with E-state index >= 15 is 0 Å². The Labute approximate surface area is 71.1 Å². The number of rotatable bonds is 6. The summed E-state index contributed by atoms with van der Waals surface area (Å²) < 4.78 is 0. The second kappa shape index (κ2) is 7.84. The molecule has 0 amide bonds. The van der Waals surface area contributed by atoms with E-state index in [1.54, 1.807) is 0 Å². The zero-order chi connectivity index (χ0) is 7.82. The van der Waals surface area contributed by atoms with E-state index in [4.69, 9.17) is 0 Å². The molecule has 1 nitrogen and oxygen atoms in total. The van der Waals surface area contributed by atoms with Gasteiger partial charge in [0, 0.05) is 5.49 Å². The van der Waals surface area contributed by atoms with Gasteiger partial charge < -0.3 is 5.32 Å². The quantitative estimate of drug-likeness (QED) is 0.361. The van der Waals surface area contributed by atoms with Gasteiger partial charge in [0.15, 0.2) is 0 Å². The molecule has 0 saturated heterocycles. The van der Waals surface area contributed by atoms with Crippen molar-refractivity contribution in [2.45, 2.75) is 13.3 Å². The SMILES string of the molecule is CCP(CS)CCCNC. The average Bonchev–Trinajstić information content (AvgIpc) is 1.99. The minimum Gasteiger partial charge on any atom is -0.320 e. The molecule has 1 unspecified atom stereocenters. The normalized spacial score (nSPS) is 13.5. The van der Waals surface area contributed by atoms with E-state index in [2.05, 4.69) is 24.9 Å². The summed E-state index contributed by atoms with van der Waals surface area (Å²) in [7, 11) is 2.27. The van der Waals surface area contributed by atoms with Crippen LogP contribution in [0.3, 0.4) is 0 Å². The van der Waals surface area contributed by atoms with Gasteiger partial charge in [-0.3, -0.25) is 0 Å². The molecular formula is C7H18NPS. The minimum absolute atomic E-state index is 0.256. The number of hydrogen-bond acceptors (Lipinski definition) is 2. The molecule has 0 aromatic carbocycles. The minimum atomic E-state index is 0.256. The van der Waals surface area contributed by atoms with Crippen molar-refractivity contribution in [1.29, 1.82) is 0 Å². The van der Waals surface area contributed by atoms with E-state index in [1.165, 1.54) is 18.7 Å². The highest BCUT2D eigenvalue weighted by Gasteiger charge is 2.00. The van der Waals surface area contributed by atoms with Crippen LogP contribution in [0.1, 0.15) is 13.3 Å². The van der Waals surface area contributed by atoms with Crippen molar-refractivity contribution in [2.24, 2.45) is 0 Å². The van der Waals surface area contributed by atoms with Crippen LogP contribution in [0.2, 0.25) is 0 Å². The third kappa shape index (κ3) is 5.52. The molecule has 0 heterocycles. The first-order valence-corrected chi connectivity index (χ1v) is 6.36. The predicted molar refractivity (Wildman–Crippen MR) is 54.7 cm³/mol. The molecule has 0 aromatic heterocycles. The standard InChI is InChI=1S/C7H18NPS/c1-3-9(7-10)6-4-5-8-2/h8,10H,3-7H2,1-2H3. The van der Waals surface area contributed by atoms with Crippen molar-refractivity contribution in [3.8, 4) is 0 Å². The molecule has 1 N–H and O–H groups in total. The smallest absolute Gasteiger partial charge is 0.0106 e. The molecule has 0 bridgehead atoms. The number of thiol groups is 1. The zero-order valence-electron chi connectivity index (χ0n) is 6.93. The monoisotopic (exact) mass is 179 g/mol. The molecule has 0 fully saturated rings. The molecule has 62 valence electrons. The molecule has 0 saturated carbocycles. The van der Waals surface area contributed by atoms with Gasteiger partial charge >= 0.3 is 0 Å². The lowest BCUT2D eigenvalue weighted by molar-refractivity contribution is 0.775. The van der Waals surface area contributed by atoms with Gasteiger partial charge in [0.1, 0.15) is 0 Å². The van der Waals surface area contributed by atoms with Crippen LogP contribution in [-0.4, -0.2) is 31.4 Å². The molecule has 0 aliphatic carbocycles. The van der Waals surface area contributed by atoms with Gasteiger partial charge in [0.2, 0.25) is 0 Å². The van der Waals surface area contributed by atoms with Gasteiger partial charge in [0.25, 0.3) is 0 Å². The maximum Gasteiger partial charge on any atom is 0.0106 e. The van der Waals surface area contributed by atoms with Gasteiger partial charge in [-0.25, -0.2) is 0 Å². The fraction of sp³-hybridized carbons (Fsp3) is 1.00. The van der Waals surface area contributed by atoms with Gasteiger partial charge in [-0.2, -0.15) is 12.6 Å². The Morgan fingerprint density at radius 3 is 2.60 bits per heavy atom. The molecule has 0 aliphatic heterocycles. The topological polar surface area (TPSA) is 12.0 Å². The zero-order valence-corrected chi connectivity index (χ0v) is 8.72. The number of hydrogen-bond donors (Lipinski definition) is 2. The summed E-state index contributed by atoms with van der Waals surface area (Å²) >= 11 is 4.31. The highest BCUT2D eigenvalue weighted by Crippen LogP contribution is 2.35. The van der Waals surface area contributed by atoms with Crippen LogP contribution in [0.15, 0.2) is 0 Å². The number of nitrogens with one attached hydrogen (secondary N) is 1. The first kappa shape index (κ1) is 10.7. The highest BCUT2D eigenvalue weighted by molar-refractivity contribution is 7.89. The van der Waals surface area contributed by atoms with Crippen molar-refractivity contribution in [3.63, 3.8) is 0 Å². The van der Waals surface area contributed by atoms with Gasteiger partial charge in [0.05, 0.1) is 0 Å². The Kier molecular flexibility index (Phi) is 8.42. The Hall–Kier alpha value is 0.740. The van der Waals surface area contributed by atoms with Crippen LogP contribution in [0.4, 0.5) is 0 Å². The Morgan fingerprint density at radius 1 is 1.50 bits per heavy atom. The van der Waals surface area contributed by atoms with Crippen LogP contribution in [0, 0.1) is 0 Å².